The maximum atomic E-state index is 12.9. The molecule has 0 atom stereocenters. The van der Waals surface area contributed by atoms with E-state index in [2.05, 4.69) is 15.9 Å². The van der Waals surface area contributed by atoms with Gasteiger partial charge in [0.2, 0.25) is 11.6 Å². The summed E-state index contributed by atoms with van der Waals surface area (Å²) in [5, 5.41) is 0. The number of rotatable bonds is 2. The van der Waals surface area contributed by atoms with Gasteiger partial charge in [-0.05, 0) is 39.6 Å². The molecule has 4 rings (SSSR count). The largest absolute Gasteiger partial charge is 0.486 e. The molecule has 0 radical (unpaired) electrons. The standard InChI is InChI=1S/C17H10BBrO6/c18-12-13(19)16(22)15(21)11-8(6-25-17(11)12)14(20)7-1-2-9-10(5-7)24-4-3-23-9/h1-2,5-6H,3-4,18H2. The third-order valence-corrected chi connectivity index (χ3v) is 5.10. The molecule has 2 aliphatic rings. The molecule has 1 aliphatic carbocycles. The zero-order chi connectivity index (χ0) is 17.7. The number of carbonyl (C=O) groups excluding carboxylic acids is 3. The predicted octanol–water partition coefficient (Wildman–Crippen LogP) is 1.74. The minimum atomic E-state index is -0.762. The first-order valence-electron chi connectivity index (χ1n) is 7.50. The number of carbonyl (C=O) groups is 3. The van der Waals surface area contributed by atoms with Crippen LogP contribution in [0.15, 0.2) is 33.4 Å². The van der Waals surface area contributed by atoms with Gasteiger partial charge in [-0.1, -0.05) is 0 Å². The van der Waals surface area contributed by atoms with Crippen LogP contribution >= 0.6 is 15.9 Å². The maximum Gasteiger partial charge on any atom is 0.240 e. The van der Waals surface area contributed by atoms with E-state index >= 15 is 0 Å². The fraction of sp³-hybridized carbons (Fsp3) is 0.118. The SMILES string of the molecule is BC1=C(Br)C(=O)C(=O)c2c(C(=O)c3ccc4c(c3)OCCO4)coc21. The Morgan fingerprint density at radius 1 is 1.08 bits per heavy atom. The molecule has 0 fully saturated rings. The van der Waals surface area contributed by atoms with Gasteiger partial charge in [0.25, 0.3) is 0 Å². The van der Waals surface area contributed by atoms with Gasteiger partial charge in [-0.25, -0.2) is 0 Å². The molecule has 124 valence electrons. The molecule has 6 nitrogen and oxygen atoms in total. The van der Waals surface area contributed by atoms with Gasteiger partial charge in [-0.15, -0.1) is 0 Å². The summed E-state index contributed by atoms with van der Waals surface area (Å²) < 4.78 is 16.5. The van der Waals surface area contributed by atoms with Crippen LogP contribution in [-0.2, 0) is 4.79 Å². The average molecular weight is 401 g/mol. The number of furan rings is 1. The van der Waals surface area contributed by atoms with E-state index in [1.807, 2.05) is 0 Å². The Hall–Kier alpha value is -2.61. The van der Waals surface area contributed by atoms with Crippen LogP contribution in [0.2, 0.25) is 0 Å². The van der Waals surface area contributed by atoms with Crippen LogP contribution in [0, 0.1) is 0 Å². The van der Waals surface area contributed by atoms with Crippen molar-refractivity contribution in [2.45, 2.75) is 0 Å². The second kappa shape index (κ2) is 5.73. The molecule has 1 aromatic carbocycles. The Morgan fingerprint density at radius 3 is 2.56 bits per heavy atom. The number of Topliss-reactive ketones (excluding diaryl/α,β-unsaturated/α-hetero) is 2. The molecular formula is C17H10BBrO6. The van der Waals surface area contributed by atoms with E-state index in [0.29, 0.717) is 35.7 Å². The van der Waals surface area contributed by atoms with Crippen LogP contribution < -0.4 is 9.47 Å². The summed E-state index contributed by atoms with van der Waals surface area (Å²) >= 11 is 3.10. The lowest BCUT2D eigenvalue weighted by Gasteiger charge is -2.18. The summed E-state index contributed by atoms with van der Waals surface area (Å²) in [6, 6.07) is 4.79. The zero-order valence-corrected chi connectivity index (χ0v) is 14.6. The van der Waals surface area contributed by atoms with Crippen molar-refractivity contribution in [1.29, 1.82) is 0 Å². The van der Waals surface area contributed by atoms with Crippen molar-refractivity contribution in [2.75, 3.05) is 13.2 Å². The third-order valence-electron chi connectivity index (χ3n) is 4.14. The molecule has 0 spiro atoms. The number of allylic oxidation sites excluding steroid dienone is 1. The molecule has 0 saturated carbocycles. The molecule has 0 unspecified atom stereocenters. The Morgan fingerprint density at radius 2 is 1.80 bits per heavy atom. The van der Waals surface area contributed by atoms with Gasteiger partial charge < -0.3 is 13.9 Å². The van der Waals surface area contributed by atoms with Crippen molar-refractivity contribution in [3.8, 4) is 11.5 Å². The first kappa shape index (κ1) is 15.9. The van der Waals surface area contributed by atoms with Crippen molar-refractivity contribution in [1.82, 2.24) is 0 Å². The smallest absolute Gasteiger partial charge is 0.240 e. The number of ether oxygens (including phenoxy) is 2. The second-order valence-corrected chi connectivity index (χ2v) is 6.43. The van der Waals surface area contributed by atoms with Gasteiger partial charge in [0.15, 0.2) is 17.3 Å². The Bertz CT molecular complexity index is 987. The molecule has 0 N–H and O–H groups in total. The number of benzene rings is 1. The quantitative estimate of drug-likeness (QED) is 0.434. The summed E-state index contributed by atoms with van der Waals surface area (Å²) in [6.07, 6.45) is 1.21. The van der Waals surface area contributed by atoms with E-state index in [4.69, 9.17) is 13.9 Å². The summed E-state index contributed by atoms with van der Waals surface area (Å²) in [7, 11) is 1.65. The van der Waals surface area contributed by atoms with Crippen LogP contribution in [0.5, 0.6) is 11.5 Å². The number of ketones is 3. The first-order valence-corrected chi connectivity index (χ1v) is 8.30. The summed E-state index contributed by atoms with van der Waals surface area (Å²) in [5.74, 6) is -0.613. The molecule has 0 saturated heterocycles. The molecule has 0 amide bonds. The third kappa shape index (κ3) is 2.36. The Labute approximate surface area is 151 Å². The second-order valence-electron chi connectivity index (χ2n) is 5.64. The number of halogens is 1. The topological polar surface area (TPSA) is 82.8 Å². The lowest BCUT2D eigenvalue weighted by molar-refractivity contribution is -0.111. The highest BCUT2D eigenvalue weighted by molar-refractivity contribution is 9.12. The van der Waals surface area contributed by atoms with Crippen LogP contribution in [0.25, 0.3) is 5.47 Å². The van der Waals surface area contributed by atoms with Crippen LogP contribution in [0.1, 0.15) is 32.0 Å². The minimum absolute atomic E-state index is 0.00518. The Balaban J connectivity index is 1.80. The molecule has 25 heavy (non-hydrogen) atoms. The highest BCUT2D eigenvalue weighted by Gasteiger charge is 2.36. The van der Waals surface area contributed by atoms with Crippen molar-refractivity contribution in [2.24, 2.45) is 0 Å². The van der Waals surface area contributed by atoms with Gasteiger partial charge in [0.05, 0.1) is 15.6 Å². The van der Waals surface area contributed by atoms with Crippen LogP contribution in [0.4, 0.5) is 0 Å². The molecule has 0 bridgehead atoms. The van der Waals surface area contributed by atoms with Gasteiger partial charge >= 0.3 is 0 Å². The van der Waals surface area contributed by atoms with Gasteiger partial charge in [0.1, 0.15) is 33.1 Å². The molecule has 2 aromatic rings. The van der Waals surface area contributed by atoms with Crippen molar-refractivity contribution in [3.05, 3.63) is 51.4 Å². The molecule has 1 aromatic heterocycles. The van der Waals surface area contributed by atoms with E-state index < -0.39 is 17.3 Å². The molecular weight excluding hydrogens is 391 g/mol. The molecule has 1 aliphatic heterocycles. The van der Waals surface area contributed by atoms with E-state index in [1.54, 1.807) is 26.0 Å². The van der Waals surface area contributed by atoms with Crippen LogP contribution in [0.3, 0.4) is 0 Å². The van der Waals surface area contributed by atoms with E-state index in [-0.39, 0.29) is 21.4 Å². The normalized spacial score (nSPS) is 16.0. The van der Waals surface area contributed by atoms with Gasteiger partial charge in [-0.3, -0.25) is 14.4 Å². The molecule has 8 heteroatoms. The fourth-order valence-corrected chi connectivity index (χ4v) is 3.21. The lowest BCUT2D eigenvalue weighted by atomic mass is 9.82. The van der Waals surface area contributed by atoms with Gasteiger partial charge in [0, 0.05) is 5.56 Å². The molecule has 2 heterocycles. The first-order chi connectivity index (χ1) is 12.0. The average Bonchev–Trinajstić information content (AvgIpc) is 3.08. The summed E-state index contributed by atoms with van der Waals surface area (Å²) in [6.45, 7) is 0.851. The number of hydrogen-bond donors (Lipinski definition) is 0. The van der Waals surface area contributed by atoms with Crippen molar-refractivity contribution < 1.29 is 28.3 Å². The van der Waals surface area contributed by atoms with E-state index in [1.165, 1.54) is 6.26 Å². The van der Waals surface area contributed by atoms with Gasteiger partial charge in [-0.2, -0.15) is 0 Å². The number of hydrogen-bond acceptors (Lipinski definition) is 6. The highest BCUT2D eigenvalue weighted by Crippen LogP contribution is 2.36. The maximum absolute atomic E-state index is 12.9. The lowest BCUT2D eigenvalue weighted by Crippen LogP contribution is -2.23. The summed E-state index contributed by atoms with van der Waals surface area (Å²) in [5.41, 5.74) is 0.871. The highest BCUT2D eigenvalue weighted by atomic mass is 79.9. The monoisotopic (exact) mass is 400 g/mol. The van der Waals surface area contributed by atoms with E-state index in [9.17, 15) is 14.4 Å². The van der Waals surface area contributed by atoms with Crippen molar-refractivity contribution >= 4 is 46.6 Å². The van der Waals surface area contributed by atoms with E-state index in [0.717, 1.165) is 0 Å². The van der Waals surface area contributed by atoms with Crippen molar-refractivity contribution in [3.63, 3.8) is 0 Å². The predicted molar refractivity (Wildman–Crippen MR) is 93.3 cm³/mol. The minimum Gasteiger partial charge on any atom is -0.486 e. The number of fused-ring (bicyclic) bond motifs is 2. The zero-order valence-electron chi connectivity index (χ0n) is 13.1. The summed E-state index contributed by atoms with van der Waals surface area (Å²) in [4.78, 5) is 37.3. The fourth-order valence-electron chi connectivity index (χ4n) is 2.85. The Kier molecular flexibility index (Phi) is 3.65. The van der Waals surface area contributed by atoms with Crippen LogP contribution in [-0.4, -0.2) is 38.4 Å².